The monoisotopic (exact) mass is 557 g/mol. The fourth-order valence-electron chi connectivity index (χ4n) is 3.15. The Bertz CT molecular complexity index is 1260. The van der Waals surface area contributed by atoms with Crippen molar-refractivity contribution in [3.63, 3.8) is 0 Å². The average Bonchev–Trinajstić information content (AvgIpc) is 2.87. The number of ether oxygens (including phenoxy) is 1. The van der Waals surface area contributed by atoms with E-state index in [1.807, 2.05) is 0 Å². The number of rotatable bonds is 5. The number of alkyl halides is 6. The molecular formula is C22H24F6N4O6. The Morgan fingerprint density at radius 3 is 2.32 bits per heavy atom. The largest absolute Gasteiger partial charge is 0.490 e. The zero-order valence-electron chi connectivity index (χ0n) is 22.2. The lowest BCUT2D eigenvalue weighted by molar-refractivity contribution is -0.277. The Hall–Kier alpha value is -3.50. The second kappa shape index (κ2) is 11.9. The van der Waals surface area contributed by atoms with Crippen molar-refractivity contribution in [3.05, 3.63) is 41.2 Å². The summed E-state index contributed by atoms with van der Waals surface area (Å²) < 4.78 is 101. The number of nitrogens with two attached hydrogens (primary N) is 1. The molecule has 1 saturated heterocycles. The van der Waals surface area contributed by atoms with Crippen LogP contribution in [0, 0.1) is 6.85 Å². The van der Waals surface area contributed by atoms with Crippen LogP contribution < -0.4 is 11.1 Å². The normalized spacial score (nSPS) is 17.6. The Morgan fingerprint density at radius 1 is 1.21 bits per heavy atom. The summed E-state index contributed by atoms with van der Waals surface area (Å²) in [5.74, 6) is -3.71. The fourth-order valence-corrected chi connectivity index (χ4v) is 3.15. The van der Waals surface area contributed by atoms with Gasteiger partial charge in [0.15, 0.2) is 11.5 Å². The van der Waals surface area contributed by atoms with Gasteiger partial charge in [-0.15, -0.1) is 0 Å². The van der Waals surface area contributed by atoms with Crippen molar-refractivity contribution < 1.29 is 60.1 Å². The lowest BCUT2D eigenvalue weighted by Crippen LogP contribution is -2.45. The molecule has 0 radical (unpaired) electrons. The zero-order chi connectivity index (χ0) is 31.4. The standard InChI is InChI=1S/C20H23F3N4O4.C2HF3O2/c1-11-2-3-12(19(30,10-28)20(21,22)23)8-14(11)15-9-25-17(24)16(27-15)18(29)26-13-4-6-31-7-5-13;3-2(4,5)1(6)7/h2-3,8-9,13,28,30H,4-7,10H2,1H3,(H2,24,25)(H,26,29);(H,6,7)/i1D3;. The molecule has 1 aliphatic heterocycles. The molecule has 0 saturated carbocycles. The summed E-state index contributed by atoms with van der Waals surface area (Å²) in [4.78, 5) is 29.6. The second-order valence-corrected chi connectivity index (χ2v) is 7.93. The summed E-state index contributed by atoms with van der Waals surface area (Å²) >= 11 is 0. The van der Waals surface area contributed by atoms with Crippen molar-refractivity contribution in [3.8, 4) is 11.3 Å². The Balaban J connectivity index is 0.000000745. The summed E-state index contributed by atoms with van der Waals surface area (Å²) in [5.41, 5.74) is 0.0123. The van der Waals surface area contributed by atoms with Crippen LogP contribution in [0.1, 0.15) is 38.6 Å². The van der Waals surface area contributed by atoms with Gasteiger partial charge < -0.3 is 31.1 Å². The van der Waals surface area contributed by atoms with Gasteiger partial charge in [-0.25, -0.2) is 14.8 Å². The molecule has 0 bridgehead atoms. The third-order valence-corrected chi connectivity index (χ3v) is 5.29. The summed E-state index contributed by atoms with van der Waals surface area (Å²) in [6.45, 7) is -3.58. The highest BCUT2D eigenvalue weighted by Crippen LogP contribution is 2.40. The number of nitrogen functional groups attached to an aromatic ring is 1. The maximum Gasteiger partial charge on any atom is 0.490 e. The maximum absolute atomic E-state index is 13.5. The first-order chi connectivity index (χ1) is 18.7. The van der Waals surface area contributed by atoms with Gasteiger partial charge in [-0.1, -0.05) is 12.1 Å². The summed E-state index contributed by atoms with van der Waals surface area (Å²) in [6.07, 6.45) is -8.22. The Kier molecular flexibility index (Phi) is 8.19. The number of aliphatic carboxylic acids is 1. The van der Waals surface area contributed by atoms with E-state index in [1.54, 1.807) is 0 Å². The molecule has 0 spiro atoms. The number of amides is 1. The van der Waals surface area contributed by atoms with Crippen LogP contribution in [-0.2, 0) is 15.1 Å². The number of aromatic nitrogens is 2. The van der Waals surface area contributed by atoms with Crippen LogP contribution in [0.2, 0.25) is 0 Å². The lowest BCUT2D eigenvalue weighted by Gasteiger charge is -2.29. The smallest absolute Gasteiger partial charge is 0.475 e. The number of carboxylic acids is 1. The topological polar surface area (TPSA) is 168 Å². The molecule has 1 unspecified atom stereocenters. The number of aliphatic hydroxyl groups excluding tert-OH is 1. The van der Waals surface area contributed by atoms with Crippen molar-refractivity contribution >= 4 is 17.7 Å². The molecule has 1 fully saturated rings. The van der Waals surface area contributed by atoms with Crippen LogP contribution in [0.25, 0.3) is 11.3 Å². The number of carbonyl (C=O) groups is 2. The van der Waals surface area contributed by atoms with Crippen molar-refractivity contribution in [1.82, 2.24) is 15.3 Å². The molecule has 3 rings (SSSR count). The minimum absolute atomic E-state index is 0.210. The molecule has 10 nitrogen and oxygen atoms in total. The van der Waals surface area contributed by atoms with E-state index in [-0.39, 0.29) is 28.8 Å². The van der Waals surface area contributed by atoms with E-state index in [1.165, 1.54) is 0 Å². The summed E-state index contributed by atoms with van der Waals surface area (Å²) in [6, 6.07) is 2.19. The van der Waals surface area contributed by atoms with E-state index in [2.05, 4.69) is 15.3 Å². The summed E-state index contributed by atoms with van der Waals surface area (Å²) in [7, 11) is 0. The van der Waals surface area contributed by atoms with E-state index in [0.29, 0.717) is 26.1 Å². The predicted octanol–water partition coefficient (Wildman–Crippen LogP) is 2.32. The minimum atomic E-state index is -5.26. The molecule has 1 aromatic heterocycles. The third-order valence-electron chi connectivity index (χ3n) is 5.29. The van der Waals surface area contributed by atoms with Gasteiger partial charge in [0.05, 0.1) is 18.5 Å². The van der Waals surface area contributed by atoms with Gasteiger partial charge in [0.1, 0.15) is 0 Å². The third kappa shape index (κ3) is 7.29. The fraction of sp³-hybridized carbons (Fsp3) is 0.455. The Labute approximate surface area is 215 Å². The first-order valence-electron chi connectivity index (χ1n) is 12.1. The van der Waals surface area contributed by atoms with Crippen LogP contribution in [0.4, 0.5) is 32.2 Å². The van der Waals surface area contributed by atoms with Gasteiger partial charge in [0.2, 0.25) is 5.60 Å². The number of carbonyl (C=O) groups excluding carboxylic acids is 1. The number of halogens is 6. The number of hydrogen-bond acceptors (Lipinski definition) is 8. The molecule has 38 heavy (non-hydrogen) atoms. The number of nitrogens with one attached hydrogen (secondary N) is 1. The second-order valence-electron chi connectivity index (χ2n) is 7.93. The minimum Gasteiger partial charge on any atom is -0.475 e. The molecule has 1 aliphatic rings. The van der Waals surface area contributed by atoms with Crippen LogP contribution in [-0.4, -0.2) is 75.4 Å². The van der Waals surface area contributed by atoms with E-state index >= 15 is 0 Å². The number of hydrogen-bond donors (Lipinski definition) is 5. The first-order valence-corrected chi connectivity index (χ1v) is 10.6. The molecule has 210 valence electrons. The molecular weight excluding hydrogens is 530 g/mol. The molecule has 1 atom stereocenters. The van der Waals surface area contributed by atoms with Gasteiger partial charge in [-0.2, -0.15) is 26.3 Å². The molecule has 16 heteroatoms. The predicted molar refractivity (Wildman–Crippen MR) is 119 cm³/mol. The van der Waals surface area contributed by atoms with E-state index in [4.69, 9.17) is 24.5 Å². The van der Waals surface area contributed by atoms with Gasteiger partial charge in [-0.05, 0) is 36.9 Å². The first kappa shape index (κ1) is 26.1. The SMILES string of the molecule is O=C(O)C(F)(F)F.[2H]C([2H])([2H])c1ccc(C(O)(CO)C(F)(F)F)cc1-c1cnc(N)c(C(=O)NC2CCOCC2)n1. The van der Waals surface area contributed by atoms with Gasteiger partial charge in [0, 0.05) is 28.9 Å². The highest BCUT2D eigenvalue weighted by atomic mass is 19.4. The van der Waals surface area contributed by atoms with E-state index in [9.17, 15) is 41.4 Å². The number of aryl methyl sites for hydroxylation is 1. The van der Waals surface area contributed by atoms with Crippen LogP contribution >= 0.6 is 0 Å². The van der Waals surface area contributed by atoms with E-state index < -0.39 is 54.4 Å². The number of carboxylic acid groups (broad SMARTS) is 1. The number of anilines is 1. The molecule has 6 N–H and O–H groups in total. The molecule has 2 aromatic rings. The number of aliphatic hydroxyl groups is 2. The van der Waals surface area contributed by atoms with Crippen molar-refractivity contribution in [1.29, 1.82) is 0 Å². The average molecular weight is 557 g/mol. The van der Waals surface area contributed by atoms with Gasteiger partial charge in [0.25, 0.3) is 5.91 Å². The van der Waals surface area contributed by atoms with Crippen molar-refractivity contribution in [2.24, 2.45) is 0 Å². The number of benzene rings is 1. The molecule has 1 aromatic carbocycles. The maximum atomic E-state index is 13.5. The van der Waals surface area contributed by atoms with E-state index in [0.717, 1.165) is 24.4 Å². The van der Waals surface area contributed by atoms with Gasteiger partial charge >= 0.3 is 18.3 Å². The molecule has 1 amide bonds. The van der Waals surface area contributed by atoms with Crippen LogP contribution in [0.3, 0.4) is 0 Å². The highest BCUT2D eigenvalue weighted by molar-refractivity contribution is 5.97. The summed E-state index contributed by atoms with van der Waals surface area (Å²) in [5, 5.41) is 29.3. The van der Waals surface area contributed by atoms with Crippen LogP contribution in [0.15, 0.2) is 24.4 Å². The highest BCUT2D eigenvalue weighted by Gasteiger charge is 2.54. The molecule has 2 heterocycles. The van der Waals surface area contributed by atoms with Crippen molar-refractivity contribution in [2.45, 2.75) is 43.7 Å². The molecule has 0 aliphatic carbocycles. The Morgan fingerprint density at radius 2 is 1.82 bits per heavy atom. The quantitative estimate of drug-likeness (QED) is 0.347. The zero-order valence-corrected chi connectivity index (χ0v) is 19.2. The van der Waals surface area contributed by atoms with Gasteiger partial charge in [-0.3, -0.25) is 4.79 Å². The van der Waals surface area contributed by atoms with Crippen LogP contribution in [0.5, 0.6) is 0 Å². The number of nitrogens with zero attached hydrogens (tertiary/aromatic N) is 2. The van der Waals surface area contributed by atoms with Crippen molar-refractivity contribution in [2.75, 3.05) is 25.6 Å². The lowest BCUT2D eigenvalue weighted by atomic mass is 9.90.